The quantitative estimate of drug-likeness (QED) is 0.0857. The van der Waals surface area contributed by atoms with Gasteiger partial charge < -0.3 is 25.3 Å². The van der Waals surface area contributed by atoms with Gasteiger partial charge in [0.1, 0.15) is 22.6 Å². The highest BCUT2D eigenvalue weighted by atomic mass is 35.5. The molecule has 2 aromatic carbocycles. The van der Waals surface area contributed by atoms with Gasteiger partial charge in [-0.1, -0.05) is 83.2 Å². The molecular weight excluding hydrogens is 802 g/mol. The van der Waals surface area contributed by atoms with Gasteiger partial charge in [0.25, 0.3) is 0 Å². The van der Waals surface area contributed by atoms with Crippen molar-refractivity contribution in [1.29, 1.82) is 0 Å². The first-order chi connectivity index (χ1) is 27.3. The lowest BCUT2D eigenvalue weighted by Crippen LogP contribution is -2.54. The van der Waals surface area contributed by atoms with Gasteiger partial charge in [0.2, 0.25) is 0 Å². The molecule has 10 unspecified atom stereocenters. The summed E-state index contributed by atoms with van der Waals surface area (Å²) in [5, 5.41) is 39.3. The summed E-state index contributed by atoms with van der Waals surface area (Å²) in [6.07, 6.45) is 15.1. The highest BCUT2D eigenvalue weighted by molar-refractivity contribution is 7.47. The van der Waals surface area contributed by atoms with Gasteiger partial charge >= 0.3 is 19.8 Å². The van der Waals surface area contributed by atoms with Crippen LogP contribution in [-0.2, 0) is 13.6 Å². The number of hydrogen-bond donors (Lipinski definition) is 5. The summed E-state index contributed by atoms with van der Waals surface area (Å²) in [6, 6.07) is 4.92. The molecule has 5 N–H and O–H groups in total. The number of phenols is 2. The van der Waals surface area contributed by atoms with Crippen LogP contribution in [0.25, 0.3) is 5.57 Å². The predicted octanol–water partition coefficient (Wildman–Crippen LogP) is 12.2. The van der Waals surface area contributed by atoms with E-state index < -0.39 is 48.5 Å². The molecule has 10 atom stereocenters. The second kappa shape index (κ2) is 17.8. The zero-order valence-corrected chi connectivity index (χ0v) is 36.8. The van der Waals surface area contributed by atoms with E-state index in [-0.39, 0.29) is 45.2 Å². The molecule has 4 fully saturated rings. The number of phosphoric ester groups is 1. The van der Waals surface area contributed by atoms with Crippen LogP contribution >= 0.6 is 31.0 Å². The van der Waals surface area contributed by atoms with Gasteiger partial charge in [-0.15, -0.1) is 0 Å². The van der Waals surface area contributed by atoms with Crippen molar-refractivity contribution >= 4 is 48.5 Å². The van der Waals surface area contributed by atoms with Gasteiger partial charge in [0, 0.05) is 0 Å². The second-order valence-electron chi connectivity index (χ2n) is 18.7. The van der Waals surface area contributed by atoms with E-state index >= 15 is 0 Å². The number of halogens is 2. The Morgan fingerprint density at radius 1 is 0.845 bits per heavy atom. The topological polar surface area (TPSA) is 171 Å². The Balaban J connectivity index is 1.10. The summed E-state index contributed by atoms with van der Waals surface area (Å²) in [6.45, 7) is 12.0. The Morgan fingerprint density at radius 2 is 1.43 bits per heavy atom. The first-order valence-electron chi connectivity index (χ1n) is 21.1. The second-order valence-corrected chi connectivity index (χ2v) is 20.9. The molecule has 0 radical (unpaired) electrons. The van der Waals surface area contributed by atoms with Crippen molar-refractivity contribution in [1.82, 2.24) is 0 Å². The molecule has 0 aliphatic heterocycles. The minimum Gasteiger partial charge on any atom is -0.505 e. The van der Waals surface area contributed by atoms with Crippen LogP contribution in [0.5, 0.6) is 11.5 Å². The minimum atomic E-state index is -4.48. The maximum atomic E-state index is 13.4. The maximum Gasteiger partial charge on any atom is 0.472 e. The molecule has 0 bridgehead atoms. The number of aromatic carboxylic acids is 2. The highest BCUT2D eigenvalue weighted by Gasteiger charge is 2.60. The zero-order valence-electron chi connectivity index (χ0n) is 34.4. The normalized spacial score (nSPS) is 30.8. The number of benzene rings is 2. The minimum absolute atomic E-state index is 0.0111. The lowest BCUT2D eigenvalue weighted by Gasteiger charge is -2.61. The van der Waals surface area contributed by atoms with E-state index in [1.807, 2.05) is 0 Å². The molecule has 2 aromatic rings. The van der Waals surface area contributed by atoms with Crippen molar-refractivity contribution in [2.24, 2.45) is 52.3 Å². The van der Waals surface area contributed by atoms with Crippen LogP contribution in [0.2, 0.25) is 10.0 Å². The van der Waals surface area contributed by atoms with Crippen LogP contribution in [0.4, 0.5) is 0 Å². The predicted molar refractivity (Wildman–Crippen MR) is 226 cm³/mol. The van der Waals surface area contributed by atoms with Crippen molar-refractivity contribution in [2.75, 3.05) is 6.61 Å². The van der Waals surface area contributed by atoms with Crippen LogP contribution < -0.4 is 0 Å². The largest absolute Gasteiger partial charge is 0.505 e. The Hall–Kier alpha value is -2.59. The van der Waals surface area contributed by atoms with E-state index in [1.165, 1.54) is 63.5 Å². The van der Waals surface area contributed by atoms with Crippen molar-refractivity contribution in [3.05, 3.63) is 62.6 Å². The van der Waals surface area contributed by atoms with Crippen molar-refractivity contribution in [2.45, 2.75) is 124 Å². The van der Waals surface area contributed by atoms with Gasteiger partial charge in [0.05, 0.1) is 22.8 Å². The van der Waals surface area contributed by atoms with Gasteiger partial charge in [-0.2, -0.15) is 0 Å². The zero-order chi connectivity index (χ0) is 42.3. The standard InChI is InChI=1S/C45H61Cl2O10P/c1-25(2)8-6-9-26(3)35-13-14-36-32-12-11-29-24-30(15-17-44(29,4)37(32)16-18-45(35,36)5)57-58(54,55)56-19-7-10-31(27-20-33(42(50)51)40(48)38(46)22-27)28-21-34(43(52)53)41(49)39(47)23-28/h10,20-23,25-26,29-30,32,35-37,48-49H,6-9,11-19,24H2,1-5H3,(H,50,51)(H,52,53)(H,54,55). The summed E-state index contributed by atoms with van der Waals surface area (Å²) >= 11 is 12.4. The number of hydrogen-bond acceptors (Lipinski definition) is 7. The molecule has 4 aliphatic rings. The molecule has 0 heterocycles. The molecule has 0 amide bonds. The van der Waals surface area contributed by atoms with Crippen LogP contribution in [-0.4, -0.2) is 50.0 Å². The smallest absolute Gasteiger partial charge is 0.472 e. The number of carboxylic acids is 2. The van der Waals surface area contributed by atoms with Gasteiger partial charge in [-0.25, -0.2) is 14.2 Å². The molecular formula is C45H61Cl2O10P. The van der Waals surface area contributed by atoms with Crippen molar-refractivity contribution < 1.29 is 48.5 Å². The van der Waals surface area contributed by atoms with Crippen molar-refractivity contribution in [3.63, 3.8) is 0 Å². The maximum absolute atomic E-state index is 13.4. The molecule has 13 heteroatoms. The third-order valence-electron chi connectivity index (χ3n) is 15.0. The lowest BCUT2D eigenvalue weighted by molar-refractivity contribution is -0.128. The van der Waals surface area contributed by atoms with E-state index in [2.05, 4.69) is 34.6 Å². The number of phosphoric acid groups is 1. The molecule has 6 rings (SSSR count). The first-order valence-corrected chi connectivity index (χ1v) is 23.4. The van der Waals surface area contributed by atoms with Gasteiger partial charge in [-0.05, 0) is 157 Å². The summed E-state index contributed by atoms with van der Waals surface area (Å²) in [7, 11) is -4.48. The highest BCUT2D eigenvalue weighted by Crippen LogP contribution is 2.69. The van der Waals surface area contributed by atoms with Gasteiger partial charge in [0.15, 0.2) is 0 Å². The molecule has 0 spiro atoms. The molecule has 10 nitrogen and oxygen atoms in total. The summed E-state index contributed by atoms with van der Waals surface area (Å²) in [5.74, 6) is 0.771. The number of aromatic hydroxyl groups is 2. The van der Waals surface area contributed by atoms with E-state index in [0.29, 0.717) is 23.7 Å². The van der Waals surface area contributed by atoms with Crippen molar-refractivity contribution in [3.8, 4) is 11.5 Å². The van der Waals surface area contributed by atoms with E-state index in [1.54, 1.807) is 6.08 Å². The molecule has 320 valence electrons. The number of rotatable bonds is 15. The molecule has 4 aliphatic carbocycles. The van der Waals surface area contributed by atoms with E-state index in [0.717, 1.165) is 61.0 Å². The van der Waals surface area contributed by atoms with Crippen LogP contribution in [0.1, 0.15) is 150 Å². The molecule has 58 heavy (non-hydrogen) atoms. The fourth-order valence-electron chi connectivity index (χ4n) is 12.2. The fraction of sp³-hybridized carbons (Fsp3) is 0.644. The first kappa shape index (κ1) is 44.9. The van der Waals surface area contributed by atoms with Crippen LogP contribution in [0.3, 0.4) is 0 Å². The lowest BCUT2D eigenvalue weighted by atomic mass is 9.44. The monoisotopic (exact) mass is 862 g/mol. The Labute approximate surface area is 352 Å². The Bertz CT molecular complexity index is 1880. The average Bonchev–Trinajstić information content (AvgIpc) is 3.51. The number of carbonyl (C=O) groups is 2. The van der Waals surface area contributed by atoms with Crippen LogP contribution in [0, 0.1) is 52.3 Å². The third-order valence-corrected chi connectivity index (χ3v) is 16.7. The number of carboxylic acid groups (broad SMARTS) is 2. The summed E-state index contributed by atoms with van der Waals surface area (Å²) in [4.78, 5) is 34.7. The fourth-order valence-corrected chi connectivity index (χ4v) is 13.6. The van der Waals surface area contributed by atoms with E-state index in [9.17, 15) is 39.5 Å². The Morgan fingerprint density at radius 3 is 2.02 bits per heavy atom. The molecule has 0 aromatic heterocycles. The molecule has 0 saturated heterocycles. The molecule has 4 saturated carbocycles. The number of fused-ring (bicyclic) bond motifs is 5. The van der Waals surface area contributed by atoms with Gasteiger partial charge in [-0.3, -0.25) is 9.05 Å². The van der Waals surface area contributed by atoms with E-state index in [4.69, 9.17) is 32.2 Å². The summed E-state index contributed by atoms with van der Waals surface area (Å²) in [5.41, 5.74) is 0.223. The Kier molecular flexibility index (Phi) is 13.8. The third kappa shape index (κ3) is 9.18. The summed E-state index contributed by atoms with van der Waals surface area (Å²) < 4.78 is 24.7. The average molecular weight is 864 g/mol. The SMILES string of the molecule is CC(C)CCCC(C)C1CCC2C3CCC4CC(OP(=O)(O)OCCC=C(c5cc(Cl)c(O)c(C(=O)O)c5)c5cc(Cl)c(O)c(C(=O)O)c5)CCC4(C)C3CCC12C. The van der Waals surface area contributed by atoms with Crippen LogP contribution in [0.15, 0.2) is 30.3 Å².